The third kappa shape index (κ3) is 5.72. The van der Waals surface area contributed by atoms with Crippen LogP contribution >= 0.6 is 0 Å². The van der Waals surface area contributed by atoms with E-state index in [9.17, 15) is 22.4 Å². The molecule has 1 amide bonds. The van der Waals surface area contributed by atoms with Crippen LogP contribution in [0.3, 0.4) is 0 Å². The summed E-state index contributed by atoms with van der Waals surface area (Å²) in [6.07, 6.45) is -2.45. The molecule has 5 rings (SSSR count). The Morgan fingerprint density at radius 1 is 1.05 bits per heavy atom. The molecule has 1 aromatic heterocycles. The molecule has 3 aromatic carbocycles. The summed E-state index contributed by atoms with van der Waals surface area (Å²) in [5.74, 6) is -1.03. The van der Waals surface area contributed by atoms with Gasteiger partial charge in [0, 0.05) is 6.07 Å². The summed E-state index contributed by atoms with van der Waals surface area (Å²) in [6, 6.07) is 23.2. The Balaban J connectivity index is 1.47. The monoisotopic (exact) mass is 507 g/mol. The second kappa shape index (κ2) is 10.2. The van der Waals surface area contributed by atoms with Crippen LogP contribution in [0.25, 0.3) is 5.69 Å². The summed E-state index contributed by atoms with van der Waals surface area (Å²) < 4.78 is 55.9. The maximum atomic E-state index is 14.8. The summed E-state index contributed by atoms with van der Waals surface area (Å²) in [4.78, 5) is 13.1. The van der Waals surface area contributed by atoms with E-state index in [0.717, 1.165) is 29.6 Å². The number of carbonyl (C=O) groups is 1. The molecule has 0 saturated heterocycles. The van der Waals surface area contributed by atoms with Crippen LogP contribution in [0.5, 0.6) is 0 Å². The number of aromatic nitrogens is 2. The predicted octanol–water partition coefficient (Wildman–Crippen LogP) is 6.17. The summed E-state index contributed by atoms with van der Waals surface area (Å²) in [7, 11) is 0. The molecule has 1 aliphatic carbocycles. The van der Waals surface area contributed by atoms with Gasteiger partial charge >= 0.3 is 6.18 Å². The fourth-order valence-electron chi connectivity index (χ4n) is 4.08. The molecule has 1 atom stereocenters. The van der Waals surface area contributed by atoms with Gasteiger partial charge in [-0.05, 0) is 66.8 Å². The van der Waals surface area contributed by atoms with E-state index in [1.54, 1.807) is 18.2 Å². The van der Waals surface area contributed by atoms with E-state index < -0.39 is 23.6 Å². The second-order valence-corrected chi connectivity index (χ2v) is 8.97. The van der Waals surface area contributed by atoms with Crippen LogP contribution in [0.15, 0.2) is 78.9 Å². The second-order valence-electron chi connectivity index (χ2n) is 8.97. The molecule has 0 aliphatic heterocycles. The van der Waals surface area contributed by atoms with Crippen molar-refractivity contribution in [1.82, 2.24) is 15.1 Å². The van der Waals surface area contributed by atoms with Crippen molar-refractivity contribution in [2.75, 3.05) is 11.9 Å². The standard InChI is InChI=1S/C28H23F4N4O/c29-22-14-13-20(26(33-17-18-11-12-18)19-7-3-1-4-8-19)15-23(22)34-27(37)24-16-25(28(30,31)32)35-36(24)21-9-5-2-6-10-21/h1-5,7-10,13-16,18,26,33H,11-12,17H2,(H,34,37). The molecule has 1 unspecified atom stereocenters. The highest BCUT2D eigenvalue weighted by Crippen LogP contribution is 2.32. The number of rotatable bonds is 8. The van der Waals surface area contributed by atoms with Gasteiger partial charge in [-0.15, -0.1) is 0 Å². The lowest BCUT2D eigenvalue weighted by atomic mass is 9.97. The van der Waals surface area contributed by atoms with Crippen LogP contribution in [0.2, 0.25) is 0 Å². The Kier molecular flexibility index (Phi) is 6.80. The van der Waals surface area contributed by atoms with Crippen molar-refractivity contribution in [1.29, 1.82) is 0 Å². The van der Waals surface area contributed by atoms with Crippen LogP contribution in [0.4, 0.5) is 23.2 Å². The minimum atomic E-state index is -4.76. The molecule has 189 valence electrons. The van der Waals surface area contributed by atoms with Crippen molar-refractivity contribution in [2.24, 2.45) is 5.92 Å². The van der Waals surface area contributed by atoms with E-state index in [1.165, 1.54) is 24.3 Å². The summed E-state index contributed by atoms with van der Waals surface area (Å²) in [5, 5.41) is 9.54. The highest BCUT2D eigenvalue weighted by atomic mass is 19.4. The lowest BCUT2D eigenvalue weighted by molar-refractivity contribution is -0.141. The third-order valence-electron chi connectivity index (χ3n) is 6.18. The number of hydrogen-bond donors (Lipinski definition) is 2. The first-order chi connectivity index (χ1) is 17.8. The molecule has 37 heavy (non-hydrogen) atoms. The summed E-state index contributed by atoms with van der Waals surface area (Å²) in [6.45, 7) is 0.798. The third-order valence-corrected chi connectivity index (χ3v) is 6.18. The van der Waals surface area contributed by atoms with Crippen LogP contribution < -0.4 is 10.6 Å². The summed E-state index contributed by atoms with van der Waals surface area (Å²) in [5.41, 5.74) is 0.140. The van der Waals surface area contributed by atoms with E-state index >= 15 is 0 Å². The first-order valence-electron chi connectivity index (χ1n) is 11.8. The molecule has 1 fully saturated rings. The van der Waals surface area contributed by atoms with Crippen molar-refractivity contribution < 1.29 is 22.4 Å². The zero-order chi connectivity index (χ0) is 26.0. The number of alkyl halides is 3. The molecule has 0 bridgehead atoms. The van der Waals surface area contributed by atoms with E-state index in [0.29, 0.717) is 17.5 Å². The van der Waals surface area contributed by atoms with E-state index in [4.69, 9.17) is 0 Å². The fourth-order valence-corrected chi connectivity index (χ4v) is 4.08. The smallest absolute Gasteiger partial charge is 0.318 e. The Morgan fingerprint density at radius 3 is 2.51 bits per heavy atom. The number of nitrogens with one attached hydrogen (secondary N) is 2. The van der Waals surface area contributed by atoms with Gasteiger partial charge in [-0.1, -0.05) is 48.5 Å². The molecule has 0 spiro atoms. The molecule has 1 aliphatic rings. The lowest BCUT2D eigenvalue weighted by Crippen LogP contribution is -2.25. The lowest BCUT2D eigenvalue weighted by Gasteiger charge is -2.21. The fraction of sp³-hybridized carbons (Fsp3) is 0.214. The molecular weight excluding hydrogens is 484 g/mol. The molecule has 5 nitrogen and oxygen atoms in total. The molecule has 1 heterocycles. The van der Waals surface area contributed by atoms with E-state index in [-0.39, 0.29) is 23.1 Å². The zero-order valence-corrected chi connectivity index (χ0v) is 19.6. The van der Waals surface area contributed by atoms with Gasteiger partial charge in [0.15, 0.2) is 5.69 Å². The molecule has 1 saturated carbocycles. The van der Waals surface area contributed by atoms with Gasteiger partial charge in [0.05, 0.1) is 17.4 Å². The van der Waals surface area contributed by atoms with Gasteiger partial charge < -0.3 is 10.6 Å². The first kappa shape index (κ1) is 24.7. The number of hydrogen-bond acceptors (Lipinski definition) is 3. The first-order valence-corrected chi connectivity index (χ1v) is 11.8. The minimum absolute atomic E-state index is 0.141. The molecule has 2 N–H and O–H groups in total. The molecular formula is C28H23F4N4O. The van der Waals surface area contributed by atoms with Crippen LogP contribution in [-0.4, -0.2) is 22.2 Å². The van der Waals surface area contributed by atoms with Crippen molar-refractivity contribution in [2.45, 2.75) is 25.1 Å². The van der Waals surface area contributed by atoms with Gasteiger partial charge in [0.1, 0.15) is 11.5 Å². The minimum Gasteiger partial charge on any atom is -0.318 e. The van der Waals surface area contributed by atoms with Crippen LogP contribution in [-0.2, 0) is 6.18 Å². The van der Waals surface area contributed by atoms with Gasteiger partial charge in [0.2, 0.25) is 0 Å². The van der Waals surface area contributed by atoms with Crippen molar-refractivity contribution in [3.05, 3.63) is 113 Å². The highest BCUT2D eigenvalue weighted by Gasteiger charge is 2.36. The Bertz CT molecular complexity index is 1380. The Hall–Kier alpha value is -3.98. The largest absolute Gasteiger partial charge is 0.435 e. The molecule has 4 aromatic rings. The number of anilines is 1. The number of carbonyl (C=O) groups excluding carboxylic acids is 1. The van der Waals surface area contributed by atoms with E-state index in [1.807, 2.05) is 30.3 Å². The average molecular weight is 508 g/mol. The van der Waals surface area contributed by atoms with Gasteiger partial charge in [-0.25, -0.2) is 9.07 Å². The maximum Gasteiger partial charge on any atom is 0.435 e. The highest BCUT2D eigenvalue weighted by molar-refractivity contribution is 6.03. The van der Waals surface area contributed by atoms with Gasteiger partial charge in [-0.2, -0.15) is 18.3 Å². The predicted molar refractivity (Wildman–Crippen MR) is 131 cm³/mol. The van der Waals surface area contributed by atoms with Crippen LogP contribution in [0, 0.1) is 17.8 Å². The molecule has 9 heteroatoms. The molecule has 1 radical (unpaired) electrons. The quantitative estimate of drug-likeness (QED) is 0.281. The average Bonchev–Trinajstić information content (AvgIpc) is 3.60. The SMILES string of the molecule is O=C(Nc1cc(C(NCC2CC2)c2ccccc2)ccc1F)c1cc(C(F)(F)F)nn1-c1c[c]ccc1. The normalized spacial score (nSPS) is 14.4. The number of benzene rings is 3. The van der Waals surface area contributed by atoms with Crippen molar-refractivity contribution >= 4 is 11.6 Å². The van der Waals surface area contributed by atoms with Crippen LogP contribution in [0.1, 0.15) is 46.2 Å². The number of halogens is 4. The van der Waals surface area contributed by atoms with Gasteiger partial charge in [0.25, 0.3) is 5.91 Å². The Labute approximate surface area is 211 Å². The summed E-state index contributed by atoms with van der Waals surface area (Å²) >= 11 is 0. The number of amides is 1. The number of nitrogens with zero attached hydrogens (tertiary/aromatic N) is 2. The maximum absolute atomic E-state index is 14.8. The topological polar surface area (TPSA) is 59.0 Å². The van der Waals surface area contributed by atoms with Crippen molar-refractivity contribution in [3.63, 3.8) is 0 Å². The van der Waals surface area contributed by atoms with E-state index in [2.05, 4.69) is 21.8 Å². The van der Waals surface area contributed by atoms with Crippen molar-refractivity contribution in [3.8, 4) is 5.69 Å². The zero-order valence-electron chi connectivity index (χ0n) is 19.6. The Morgan fingerprint density at radius 2 is 1.84 bits per heavy atom. The van der Waals surface area contributed by atoms with Gasteiger partial charge in [-0.3, -0.25) is 4.79 Å².